The number of aryl methyl sites for hydroxylation is 2. The van der Waals surface area contributed by atoms with Gasteiger partial charge in [0.1, 0.15) is 0 Å². The van der Waals surface area contributed by atoms with Crippen LogP contribution in [0.3, 0.4) is 0 Å². The highest BCUT2D eigenvalue weighted by molar-refractivity contribution is 7.17. The summed E-state index contributed by atoms with van der Waals surface area (Å²) >= 11 is 1.60. The van der Waals surface area contributed by atoms with Crippen molar-refractivity contribution in [3.8, 4) is 5.13 Å². The molecule has 1 amide bonds. The molecule has 0 aliphatic carbocycles. The molecule has 0 radical (unpaired) electrons. The van der Waals surface area contributed by atoms with Gasteiger partial charge in [-0.05, 0) is 69.0 Å². The Bertz CT molecular complexity index is 1130. The minimum atomic E-state index is 0.0965. The van der Waals surface area contributed by atoms with E-state index in [9.17, 15) is 4.79 Å². The first-order chi connectivity index (χ1) is 17.6. The molecule has 3 aromatic rings. The normalized spacial score (nSPS) is 17.5. The highest BCUT2D eigenvalue weighted by atomic mass is 32.1. The Morgan fingerprint density at radius 3 is 2.44 bits per heavy atom. The number of hydrogen-bond acceptors (Lipinski definition) is 7. The molecule has 2 saturated heterocycles. The van der Waals surface area contributed by atoms with E-state index in [1.165, 1.54) is 16.8 Å². The molecule has 0 saturated carbocycles. The lowest BCUT2D eigenvalue weighted by molar-refractivity contribution is -0.125. The maximum Gasteiger partial charge on any atom is 0.223 e. The van der Waals surface area contributed by atoms with Crippen molar-refractivity contribution >= 4 is 28.1 Å². The molecule has 0 bridgehead atoms. The van der Waals surface area contributed by atoms with Crippen LogP contribution < -0.4 is 15.1 Å². The Balaban J connectivity index is 0.983. The summed E-state index contributed by atoms with van der Waals surface area (Å²) in [5, 5.41) is 13.7. The molecule has 0 spiro atoms. The molecule has 2 aliphatic heterocycles. The fourth-order valence-corrected chi connectivity index (χ4v) is 6.03. The Morgan fingerprint density at radius 1 is 0.972 bits per heavy atom. The lowest BCUT2D eigenvalue weighted by atomic mass is 9.96. The van der Waals surface area contributed by atoms with Crippen LogP contribution >= 0.6 is 11.3 Å². The van der Waals surface area contributed by atoms with Gasteiger partial charge in [0.05, 0.1) is 0 Å². The smallest absolute Gasteiger partial charge is 0.223 e. The average molecular weight is 508 g/mol. The summed E-state index contributed by atoms with van der Waals surface area (Å²) in [5.41, 5.74) is 4.05. The maximum absolute atomic E-state index is 12.7. The summed E-state index contributed by atoms with van der Waals surface area (Å²) in [5.74, 6) is 0.305. The van der Waals surface area contributed by atoms with Crippen molar-refractivity contribution in [1.29, 1.82) is 0 Å². The number of aromatic nitrogens is 3. The van der Waals surface area contributed by atoms with Gasteiger partial charge in [-0.25, -0.2) is 0 Å². The molecule has 9 heteroatoms. The fraction of sp³-hybridized carbons (Fsp3) is 0.519. The number of carbonyl (C=O) groups excluding carboxylic acids is 1. The predicted molar refractivity (Wildman–Crippen MR) is 146 cm³/mol. The topological polar surface area (TPSA) is 69.5 Å². The third-order valence-electron chi connectivity index (χ3n) is 7.39. The monoisotopic (exact) mass is 507 g/mol. The Hall–Kier alpha value is -2.91. The minimum absolute atomic E-state index is 0.0965. The van der Waals surface area contributed by atoms with Crippen LogP contribution in [0.15, 0.2) is 42.7 Å². The number of nitrogens with zero attached hydrogens (tertiary/aromatic N) is 6. The molecule has 8 nitrogen and oxygen atoms in total. The summed E-state index contributed by atoms with van der Waals surface area (Å²) in [7, 11) is 0. The first kappa shape index (κ1) is 24.8. The third kappa shape index (κ3) is 5.90. The Kier molecular flexibility index (Phi) is 7.87. The van der Waals surface area contributed by atoms with Gasteiger partial charge >= 0.3 is 0 Å². The van der Waals surface area contributed by atoms with Crippen LogP contribution in [0, 0.1) is 19.8 Å². The van der Waals surface area contributed by atoms with E-state index >= 15 is 0 Å². The van der Waals surface area contributed by atoms with E-state index in [0.717, 1.165) is 81.9 Å². The number of benzene rings is 1. The van der Waals surface area contributed by atoms with Crippen molar-refractivity contribution in [2.24, 2.45) is 5.92 Å². The van der Waals surface area contributed by atoms with E-state index in [4.69, 9.17) is 0 Å². The van der Waals surface area contributed by atoms with Crippen LogP contribution in [0.5, 0.6) is 0 Å². The molecule has 2 fully saturated rings. The second-order valence-corrected chi connectivity index (χ2v) is 10.9. The average Bonchev–Trinajstić information content (AvgIpc) is 3.61. The quantitative estimate of drug-likeness (QED) is 0.471. The van der Waals surface area contributed by atoms with E-state index in [0.29, 0.717) is 0 Å². The second-order valence-electron chi connectivity index (χ2n) is 9.98. The standard InChI is InChI=1S/C27H37N7OS/c1-21-6-7-22(2)24(20-21)32-18-16-31(17-19-32)11-5-10-28-25(35)23-8-14-34(15-9-23)27-30-29-26(36-27)33-12-3-4-13-33/h3-4,6-7,12-13,20,23H,5,8-11,14-19H2,1-2H3,(H,28,35). The van der Waals surface area contributed by atoms with E-state index < -0.39 is 0 Å². The molecular weight excluding hydrogens is 470 g/mol. The van der Waals surface area contributed by atoms with Crippen molar-refractivity contribution in [1.82, 2.24) is 25.0 Å². The van der Waals surface area contributed by atoms with E-state index in [2.05, 4.69) is 62.3 Å². The van der Waals surface area contributed by atoms with Gasteiger partial charge in [0.15, 0.2) is 0 Å². The fourth-order valence-electron chi connectivity index (χ4n) is 5.17. The maximum atomic E-state index is 12.7. The Labute approximate surface area is 217 Å². The second kappa shape index (κ2) is 11.4. The molecule has 1 aromatic carbocycles. The molecular formula is C27H37N7OS. The molecule has 0 atom stereocenters. The van der Waals surface area contributed by atoms with Crippen molar-refractivity contribution in [2.45, 2.75) is 33.1 Å². The lowest BCUT2D eigenvalue weighted by Gasteiger charge is -2.37. The van der Waals surface area contributed by atoms with Crippen molar-refractivity contribution in [3.05, 3.63) is 53.9 Å². The van der Waals surface area contributed by atoms with Crippen molar-refractivity contribution < 1.29 is 4.79 Å². The molecule has 192 valence electrons. The van der Waals surface area contributed by atoms with Crippen molar-refractivity contribution in [2.75, 3.05) is 62.2 Å². The first-order valence-corrected chi connectivity index (χ1v) is 13.9. The highest BCUT2D eigenvalue weighted by Gasteiger charge is 2.26. The molecule has 2 aliphatic rings. The molecule has 2 aromatic heterocycles. The van der Waals surface area contributed by atoms with Gasteiger partial charge in [-0.1, -0.05) is 23.5 Å². The van der Waals surface area contributed by atoms with E-state index in [1.807, 2.05) is 29.1 Å². The zero-order valence-electron chi connectivity index (χ0n) is 21.4. The zero-order chi connectivity index (χ0) is 24.9. The SMILES string of the molecule is Cc1ccc(C)c(N2CCN(CCCNC(=O)C3CCN(c4nnc(-n5cccc5)s4)CC3)CC2)c1. The Morgan fingerprint density at radius 2 is 1.69 bits per heavy atom. The number of anilines is 2. The number of piperazine rings is 1. The summed E-state index contributed by atoms with van der Waals surface area (Å²) in [6.07, 6.45) is 6.69. The van der Waals surface area contributed by atoms with Gasteiger partial charge in [0, 0.05) is 69.8 Å². The van der Waals surface area contributed by atoms with E-state index in [-0.39, 0.29) is 11.8 Å². The summed E-state index contributed by atoms with van der Waals surface area (Å²) in [6.45, 7) is 12.2. The minimum Gasteiger partial charge on any atom is -0.369 e. The van der Waals surface area contributed by atoms with Crippen LogP contribution in [-0.4, -0.2) is 77.9 Å². The summed E-state index contributed by atoms with van der Waals surface area (Å²) in [6, 6.07) is 10.7. The molecule has 0 unspecified atom stereocenters. The van der Waals surface area contributed by atoms with Crippen LogP contribution in [-0.2, 0) is 4.79 Å². The van der Waals surface area contributed by atoms with Crippen LogP contribution in [0.4, 0.5) is 10.8 Å². The zero-order valence-corrected chi connectivity index (χ0v) is 22.2. The van der Waals surface area contributed by atoms with Gasteiger partial charge in [0.25, 0.3) is 0 Å². The molecule has 36 heavy (non-hydrogen) atoms. The summed E-state index contributed by atoms with van der Waals surface area (Å²) < 4.78 is 1.98. The van der Waals surface area contributed by atoms with Crippen LogP contribution in [0.25, 0.3) is 5.13 Å². The number of rotatable bonds is 8. The largest absolute Gasteiger partial charge is 0.369 e. The van der Waals surface area contributed by atoms with E-state index in [1.54, 1.807) is 11.3 Å². The molecule has 4 heterocycles. The highest BCUT2D eigenvalue weighted by Crippen LogP contribution is 2.28. The number of nitrogens with one attached hydrogen (secondary N) is 1. The van der Waals surface area contributed by atoms with Crippen LogP contribution in [0.2, 0.25) is 0 Å². The molecule has 1 N–H and O–H groups in total. The third-order valence-corrected chi connectivity index (χ3v) is 8.39. The number of hydrogen-bond donors (Lipinski definition) is 1. The number of carbonyl (C=O) groups is 1. The lowest BCUT2D eigenvalue weighted by Crippen LogP contribution is -2.47. The van der Waals surface area contributed by atoms with Crippen LogP contribution in [0.1, 0.15) is 30.4 Å². The molecule has 5 rings (SSSR count). The van der Waals surface area contributed by atoms with Crippen molar-refractivity contribution in [3.63, 3.8) is 0 Å². The number of piperidine rings is 1. The van der Waals surface area contributed by atoms with Gasteiger partial charge in [-0.2, -0.15) is 0 Å². The first-order valence-electron chi connectivity index (χ1n) is 13.1. The van der Waals surface area contributed by atoms with Gasteiger partial charge < -0.3 is 15.1 Å². The summed E-state index contributed by atoms with van der Waals surface area (Å²) in [4.78, 5) is 20.0. The predicted octanol–water partition coefficient (Wildman–Crippen LogP) is 3.49. The van der Waals surface area contributed by atoms with Gasteiger partial charge in [-0.3, -0.25) is 14.3 Å². The number of amides is 1. The van der Waals surface area contributed by atoms with Gasteiger partial charge in [-0.15, -0.1) is 10.2 Å². The van der Waals surface area contributed by atoms with Gasteiger partial charge in [0.2, 0.25) is 16.2 Å².